The van der Waals surface area contributed by atoms with Crippen LogP contribution in [0, 0.1) is 0 Å². The molecule has 2 rings (SSSR count). The van der Waals surface area contributed by atoms with Crippen LogP contribution in [0.15, 0.2) is 53.5 Å². The van der Waals surface area contributed by atoms with Gasteiger partial charge in [-0.3, -0.25) is 0 Å². The van der Waals surface area contributed by atoms with Gasteiger partial charge in [0.15, 0.2) is 5.96 Å². The third-order valence-corrected chi connectivity index (χ3v) is 3.19. The summed E-state index contributed by atoms with van der Waals surface area (Å²) in [5.74, 6) is 0.259. The van der Waals surface area contributed by atoms with Crippen molar-refractivity contribution in [3.8, 4) is 5.75 Å². The second kappa shape index (κ2) is 10.8. The number of ether oxygens (including phenoxy) is 2. The highest BCUT2D eigenvalue weighted by molar-refractivity contribution is 14.0. The van der Waals surface area contributed by atoms with E-state index in [1.54, 1.807) is 25.3 Å². The van der Waals surface area contributed by atoms with Crippen molar-refractivity contribution in [2.75, 3.05) is 12.4 Å². The van der Waals surface area contributed by atoms with E-state index in [1.165, 1.54) is 6.07 Å². The van der Waals surface area contributed by atoms with Gasteiger partial charge >= 0.3 is 6.61 Å². The number of aliphatic imine (C=N–C) groups is 1. The van der Waals surface area contributed by atoms with Crippen molar-refractivity contribution in [3.63, 3.8) is 0 Å². The normalized spacial score (nSPS) is 11.1. The van der Waals surface area contributed by atoms with Crippen molar-refractivity contribution < 1.29 is 18.3 Å². The topological polar surface area (TPSA) is 68.9 Å². The number of nitrogens with two attached hydrogens (primary N) is 1. The second-order valence-electron chi connectivity index (χ2n) is 4.90. The van der Waals surface area contributed by atoms with Crippen molar-refractivity contribution in [1.29, 1.82) is 0 Å². The number of benzene rings is 2. The maximum absolute atomic E-state index is 12.4. The lowest BCUT2D eigenvalue weighted by Gasteiger charge is -2.12. The number of hydrogen-bond donors (Lipinski definition) is 2. The molecule has 3 N–H and O–H groups in total. The predicted molar refractivity (Wildman–Crippen MR) is 105 cm³/mol. The Kier molecular flexibility index (Phi) is 9.14. The van der Waals surface area contributed by atoms with E-state index in [9.17, 15) is 8.78 Å². The minimum Gasteiger partial charge on any atom is -0.434 e. The van der Waals surface area contributed by atoms with Crippen LogP contribution in [0.4, 0.5) is 14.5 Å². The Balaban J connectivity index is 0.00000312. The summed E-state index contributed by atoms with van der Waals surface area (Å²) in [7, 11) is 1.61. The fraction of sp³-hybridized carbons (Fsp3) is 0.235. The van der Waals surface area contributed by atoms with Crippen LogP contribution in [0.3, 0.4) is 0 Å². The number of anilines is 1. The molecule has 0 radical (unpaired) electrons. The minimum atomic E-state index is -2.88. The average molecular weight is 463 g/mol. The maximum atomic E-state index is 12.4. The van der Waals surface area contributed by atoms with Gasteiger partial charge in [0, 0.05) is 23.9 Å². The van der Waals surface area contributed by atoms with Gasteiger partial charge in [0.05, 0.1) is 13.2 Å². The lowest BCUT2D eigenvalue weighted by Crippen LogP contribution is -2.23. The number of alkyl halides is 2. The first-order valence-corrected chi connectivity index (χ1v) is 7.26. The molecule has 8 heteroatoms. The Morgan fingerprint density at radius 2 is 1.76 bits per heavy atom. The zero-order chi connectivity index (χ0) is 17.4. The molecular formula is C17H20F2IN3O2. The summed E-state index contributed by atoms with van der Waals surface area (Å²) in [6.45, 7) is -2.33. The molecule has 0 bridgehead atoms. The van der Waals surface area contributed by atoms with Crippen molar-refractivity contribution in [3.05, 3.63) is 59.7 Å². The third kappa shape index (κ3) is 6.83. The number of methoxy groups -OCH3 is 1. The van der Waals surface area contributed by atoms with E-state index in [0.29, 0.717) is 12.2 Å². The second-order valence-corrected chi connectivity index (χ2v) is 4.90. The molecule has 2 aromatic carbocycles. The smallest absolute Gasteiger partial charge is 0.387 e. The summed E-state index contributed by atoms with van der Waals surface area (Å²) in [5.41, 5.74) is 8.11. The van der Waals surface area contributed by atoms with Gasteiger partial charge in [0.1, 0.15) is 5.75 Å². The highest BCUT2D eigenvalue weighted by atomic mass is 127. The lowest BCUT2D eigenvalue weighted by molar-refractivity contribution is -0.0504. The van der Waals surface area contributed by atoms with Gasteiger partial charge in [-0.1, -0.05) is 36.4 Å². The van der Waals surface area contributed by atoms with E-state index in [1.807, 2.05) is 24.3 Å². The molecule has 5 nitrogen and oxygen atoms in total. The van der Waals surface area contributed by atoms with E-state index in [-0.39, 0.29) is 42.2 Å². The van der Waals surface area contributed by atoms with Crippen LogP contribution in [-0.2, 0) is 17.9 Å². The monoisotopic (exact) mass is 463 g/mol. The molecule has 0 saturated carbocycles. The molecule has 0 spiro atoms. The molecule has 0 atom stereocenters. The fourth-order valence-electron chi connectivity index (χ4n) is 2.12. The SMILES string of the molecule is COCc1ccccc1NC(N)=NCc1ccccc1OC(F)F.I. The van der Waals surface area contributed by atoms with Gasteiger partial charge in [0.25, 0.3) is 0 Å². The molecule has 2 aromatic rings. The van der Waals surface area contributed by atoms with Crippen molar-refractivity contribution in [2.45, 2.75) is 19.8 Å². The van der Waals surface area contributed by atoms with Gasteiger partial charge in [-0.05, 0) is 12.1 Å². The minimum absolute atomic E-state index is 0. The first-order valence-electron chi connectivity index (χ1n) is 7.26. The predicted octanol–water partition coefficient (Wildman–Crippen LogP) is 3.98. The highest BCUT2D eigenvalue weighted by Gasteiger charge is 2.09. The van der Waals surface area contributed by atoms with Crippen LogP contribution in [0.2, 0.25) is 0 Å². The molecule has 25 heavy (non-hydrogen) atoms. The van der Waals surface area contributed by atoms with Crippen molar-refractivity contribution in [1.82, 2.24) is 0 Å². The molecular weight excluding hydrogens is 443 g/mol. The molecule has 0 aliphatic carbocycles. The molecule has 0 unspecified atom stereocenters. The summed E-state index contributed by atoms with van der Waals surface area (Å²) >= 11 is 0. The van der Waals surface area contributed by atoms with E-state index in [0.717, 1.165) is 11.3 Å². The zero-order valence-electron chi connectivity index (χ0n) is 13.6. The van der Waals surface area contributed by atoms with Crippen LogP contribution in [0.25, 0.3) is 0 Å². The largest absolute Gasteiger partial charge is 0.434 e. The van der Waals surface area contributed by atoms with E-state index >= 15 is 0 Å². The zero-order valence-corrected chi connectivity index (χ0v) is 15.9. The first-order chi connectivity index (χ1) is 11.6. The Bertz CT molecular complexity index is 699. The molecule has 136 valence electrons. The molecule has 0 aliphatic heterocycles. The summed E-state index contributed by atoms with van der Waals surface area (Å²) in [6.07, 6.45) is 0. The van der Waals surface area contributed by atoms with Crippen molar-refractivity contribution >= 4 is 35.6 Å². The van der Waals surface area contributed by atoms with Gasteiger partial charge in [0.2, 0.25) is 0 Å². The third-order valence-electron chi connectivity index (χ3n) is 3.19. The number of halogens is 3. The molecule has 0 aromatic heterocycles. The van der Waals surface area contributed by atoms with Crippen LogP contribution in [0.1, 0.15) is 11.1 Å². The first kappa shape index (κ1) is 21.1. The lowest BCUT2D eigenvalue weighted by atomic mass is 10.2. The number of rotatable bonds is 7. The van der Waals surface area contributed by atoms with Gasteiger partial charge in [-0.2, -0.15) is 8.78 Å². The quantitative estimate of drug-likeness (QED) is 0.371. The Labute approximate surface area is 162 Å². The number of hydrogen-bond acceptors (Lipinski definition) is 3. The average Bonchev–Trinajstić information content (AvgIpc) is 2.55. The number of guanidine groups is 1. The standard InChI is InChI=1S/C17H19F2N3O2.HI/c1-23-11-13-7-2-4-8-14(13)22-17(20)21-10-12-6-3-5-9-15(12)24-16(18)19;/h2-9,16H,10-11H2,1H3,(H3,20,21,22);1H. The fourth-order valence-corrected chi connectivity index (χ4v) is 2.12. The number of para-hydroxylation sites is 2. The highest BCUT2D eigenvalue weighted by Crippen LogP contribution is 2.21. The summed E-state index contributed by atoms with van der Waals surface area (Å²) < 4.78 is 34.4. The van der Waals surface area contributed by atoms with E-state index in [2.05, 4.69) is 15.0 Å². The van der Waals surface area contributed by atoms with Crippen LogP contribution >= 0.6 is 24.0 Å². The summed E-state index contributed by atoms with van der Waals surface area (Å²) in [4.78, 5) is 4.18. The van der Waals surface area contributed by atoms with E-state index in [4.69, 9.17) is 10.5 Å². The number of nitrogens with one attached hydrogen (secondary N) is 1. The van der Waals surface area contributed by atoms with Crippen LogP contribution in [0.5, 0.6) is 5.75 Å². The van der Waals surface area contributed by atoms with Crippen LogP contribution in [-0.4, -0.2) is 19.7 Å². The Morgan fingerprint density at radius 1 is 1.12 bits per heavy atom. The molecule has 0 saturated heterocycles. The summed E-state index contributed by atoms with van der Waals surface area (Å²) in [5, 5.41) is 2.98. The maximum Gasteiger partial charge on any atom is 0.387 e. The molecule has 0 amide bonds. The van der Waals surface area contributed by atoms with Gasteiger partial charge in [-0.25, -0.2) is 4.99 Å². The molecule has 0 heterocycles. The molecule has 0 fully saturated rings. The van der Waals surface area contributed by atoms with Crippen LogP contribution < -0.4 is 15.8 Å². The molecule has 0 aliphatic rings. The van der Waals surface area contributed by atoms with Gasteiger partial charge in [-0.15, -0.1) is 24.0 Å². The van der Waals surface area contributed by atoms with Gasteiger partial charge < -0.3 is 20.5 Å². The van der Waals surface area contributed by atoms with Crippen molar-refractivity contribution in [2.24, 2.45) is 10.7 Å². The van der Waals surface area contributed by atoms with E-state index < -0.39 is 6.61 Å². The Hall–Kier alpha value is -1.94. The number of nitrogens with zero attached hydrogens (tertiary/aromatic N) is 1. The Morgan fingerprint density at radius 3 is 2.44 bits per heavy atom. The summed E-state index contributed by atoms with van der Waals surface area (Å²) in [6, 6.07) is 14.0.